The number of halogens is 1. The number of nitrogens with zero attached hydrogens (tertiary/aromatic N) is 4. The van der Waals surface area contributed by atoms with E-state index in [9.17, 15) is 0 Å². The molecule has 0 radical (unpaired) electrons. The highest BCUT2D eigenvalue weighted by Crippen LogP contribution is 2.29. The average Bonchev–Trinajstić information content (AvgIpc) is 2.72. The van der Waals surface area contributed by atoms with E-state index >= 15 is 0 Å². The number of ether oxygens (including phenoxy) is 1. The van der Waals surface area contributed by atoms with Crippen LogP contribution in [0.2, 0.25) is 5.28 Å². The lowest BCUT2D eigenvalue weighted by molar-refractivity contribution is -0.0751. The van der Waals surface area contributed by atoms with E-state index in [0.717, 1.165) is 24.4 Å². The molecule has 1 saturated heterocycles. The molecule has 1 unspecified atom stereocenters. The van der Waals surface area contributed by atoms with Crippen LogP contribution < -0.4 is 4.90 Å². The molecule has 0 amide bonds. The van der Waals surface area contributed by atoms with Crippen molar-refractivity contribution in [1.82, 2.24) is 19.9 Å². The van der Waals surface area contributed by atoms with E-state index in [-0.39, 0.29) is 17.0 Å². The summed E-state index contributed by atoms with van der Waals surface area (Å²) in [5.41, 5.74) is 1.18. The molecule has 1 aliphatic rings. The van der Waals surface area contributed by atoms with Gasteiger partial charge in [0, 0.05) is 13.1 Å². The summed E-state index contributed by atoms with van der Waals surface area (Å²) in [5.74, 6) is 0.788. The number of aromatic nitrogens is 4. The first-order valence-electron chi connectivity index (χ1n) is 6.24. The second kappa shape index (κ2) is 4.31. The highest BCUT2D eigenvalue weighted by atomic mass is 35.5. The quantitative estimate of drug-likeness (QED) is 0.810. The molecule has 7 heteroatoms. The largest absolute Gasteiger partial charge is 0.369 e. The Morgan fingerprint density at radius 3 is 3.00 bits per heavy atom. The molecule has 19 heavy (non-hydrogen) atoms. The Labute approximate surface area is 116 Å². The van der Waals surface area contributed by atoms with Gasteiger partial charge in [0.05, 0.1) is 18.0 Å². The number of fused-ring (bicyclic) bond motifs is 1. The van der Waals surface area contributed by atoms with Gasteiger partial charge in [0.2, 0.25) is 5.28 Å². The Morgan fingerprint density at radius 2 is 2.26 bits per heavy atom. The van der Waals surface area contributed by atoms with Crippen LogP contribution in [-0.4, -0.2) is 44.7 Å². The summed E-state index contributed by atoms with van der Waals surface area (Å²) >= 11 is 5.97. The summed E-state index contributed by atoms with van der Waals surface area (Å²) in [6.45, 7) is 7.72. The normalized spacial score (nSPS) is 22.9. The molecule has 1 aliphatic heterocycles. The molecule has 3 rings (SSSR count). The fourth-order valence-electron chi connectivity index (χ4n) is 2.64. The predicted molar refractivity (Wildman–Crippen MR) is 73.5 cm³/mol. The number of rotatable bonds is 1. The number of hydrogen-bond donors (Lipinski definition) is 1. The second-order valence-corrected chi connectivity index (χ2v) is 5.82. The third-order valence-corrected chi connectivity index (χ3v) is 3.28. The standard InChI is InChI=1S/C12H16ClN5O/c1-7-4-18(5-12(2,3)19-7)10-8-9(15-6-14-8)16-11(13)17-10/h6-7H,4-5H2,1-3H3,(H,14,15,16,17). The van der Waals surface area contributed by atoms with E-state index in [1.54, 1.807) is 6.33 Å². The lowest BCUT2D eigenvalue weighted by atomic mass is 10.1. The zero-order chi connectivity index (χ0) is 13.6. The second-order valence-electron chi connectivity index (χ2n) is 5.49. The number of imidazole rings is 1. The van der Waals surface area contributed by atoms with Gasteiger partial charge in [-0.3, -0.25) is 0 Å². The van der Waals surface area contributed by atoms with Crippen LogP contribution in [0.5, 0.6) is 0 Å². The van der Waals surface area contributed by atoms with Crippen molar-refractivity contribution in [2.45, 2.75) is 32.5 Å². The summed E-state index contributed by atoms with van der Waals surface area (Å²) < 4.78 is 5.91. The van der Waals surface area contributed by atoms with Crippen molar-refractivity contribution < 1.29 is 4.74 Å². The van der Waals surface area contributed by atoms with Crippen LogP contribution in [-0.2, 0) is 4.74 Å². The van der Waals surface area contributed by atoms with Gasteiger partial charge in [-0.15, -0.1) is 0 Å². The van der Waals surface area contributed by atoms with E-state index in [0.29, 0.717) is 5.65 Å². The third-order valence-electron chi connectivity index (χ3n) is 3.11. The average molecular weight is 282 g/mol. The van der Waals surface area contributed by atoms with Gasteiger partial charge < -0.3 is 14.6 Å². The Bertz CT molecular complexity index is 611. The lowest BCUT2D eigenvalue weighted by Gasteiger charge is -2.42. The maximum absolute atomic E-state index is 5.97. The molecule has 102 valence electrons. The molecule has 0 bridgehead atoms. The molecule has 0 aliphatic carbocycles. The first-order chi connectivity index (χ1) is 8.94. The highest BCUT2D eigenvalue weighted by molar-refractivity contribution is 6.28. The van der Waals surface area contributed by atoms with Crippen LogP contribution in [0.4, 0.5) is 5.82 Å². The first kappa shape index (κ1) is 12.6. The van der Waals surface area contributed by atoms with Crippen LogP contribution in [0.25, 0.3) is 11.2 Å². The van der Waals surface area contributed by atoms with Gasteiger partial charge >= 0.3 is 0 Å². The summed E-state index contributed by atoms with van der Waals surface area (Å²) in [7, 11) is 0. The Kier molecular flexibility index (Phi) is 2.87. The van der Waals surface area contributed by atoms with Crippen molar-refractivity contribution in [2.75, 3.05) is 18.0 Å². The minimum absolute atomic E-state index is 0.135. The zero-order valence-corrected chi connectivity index (χ0v) is 11.9. The minimum Gasteiger partial charge on any atom is -0.369 e. The number of aromatic amines is 1. The summed E-state index contributed by atoms with van der Waals surface area (Å²) in [6.07, 6.45) is 1.74. The fraction of sp³-hybridized carbons (Fsp3) is 0.583. The maximum atomic E-state index is 5.97. The number of H-pyrrole nitrogens is 1. The van der Waals surface area contributed by atoms with Gasteiger partial charge in [-0.1, -0.05) is 0 Å². The molecule has 1 N–H and O–H groups in total. The topological polar surface area (TPSA) is 66.9 Å². The molecule has 0 aromatic carbocycles. The van der Waals surface area contributed by atoms with Crippen molar-refractivity contribution in [3.05, 3.63) is 11.6 Å². The van der Waals surface area contributed by atoms with Gasteiger partial charge in [0.1, 0.15) is 5.52 Å². The first-order valence-corrected chi connectivity index (χ1v) is 6.62. The van der Waals surface area contributed by atoms with Gasteiger partial charge in [-0.25, -0.2) is 4.98 Å². The molecular formula is C12H16ClN5O. The molecular weight excluding hydrogens is 266 g/mol. The van der Waals surface area contributed by atoms with E-state index < -0.39 is 0 Å². The van der Waals surface area contributed by atoms with Crippen molar-refractivity contribution >= 4 is 28.6 Å². The van der Waals surface area contributed by atoms with Gasteiger partial charge in [0.15, 0.2) is 11.5 Å². The van der Waals surface area contributed by atoms with Gasteiger partial charge in [-0.2, -0.15) is 9.97 Å². The molecule has 0 spiro atoms. The van der Waals surface area contributed by atoms with Gasteiger partial charge in [-0.05, 0) is 32.4 Å². The maximum Gasteiger partial charge on any atom is 0.226 e. The van der Waals surface area contributed by atoms with Crippen LogP contribution in [0.15, 0.2) is 6.33 Å². The summed E-state index contributed by atoms with van der Waals surface area (Å²) in [5, 5.41) is 0.214. The Hall–Kier alpha value is -1.40. The molecule has 6 nitrogen and oxygen atoms in total. The fourth-order valence-corrected chi connectivity index (χ4v) is 2.80. The van der Waals surface area contributed by atoms with E-state index in [1.165, 1.54) is 0 Å². The molecule has 0 saturated carbocycles. The summed E-state index contributed by atoms with van der Waals surface area (Å²) in [6, 6.07) is 0. The monoisotopic (exact) mass is 281 g/mol. The molecule has 1 fully saturated rings. The molecule has 3 heterocycles. The number of anilines is 1. The Balaban J connectivity index is 2.06. The molecule has 2 aromatic rings. The SMILES string of the molecule is CC1CN(c2nc(Cl)nc3nc[nH]c23)CC(C)(C)O1. The van der Waals surface area contributed by atoms with Crippen LogP contribution in [0.1, 0.15) is 20.8 Å². The van der Waals surface area contributed by atoms with Crippen LogP contribution >= 0.6 is 11.6 Å². The molecule has 2 aromatic heterocycles. The van der Waals surface area contributed by atoms with Crippen molar-refractivity contribution in [3.63, 3.8) is 0 Å². The number of hydrogen-bond acceptors (Lipinski definition) is 5. The van der Waals surface area contributed by atoms with Crippen LogP contribution in [0.3, 0.4) is 0 Å². The van der Waals surface area contributed by atoms with Gasteiger partial charge in [0.25, 0.3) is 0 Å². The smallest absolute Gasteiger partial charge is 0.226 e. The highest BCUT2D eigenvalue weighted by Gasteiger charge is 2.33. The van der Waals surface area contributed by atoms with Crippen molar-refractivity contribution in [3.8, 4) is 0 Å². The summed E-state index contributed by atoms with van der Waals surface area (Å²) in [4.78, 5) is 17.8. The van der Waals surface area contributed by atoms with Crippen LogP contribution in [0, 0.1) is 0 Å². The van der Waals surface area contributed by atoms with Crippen molar-refractivity contribution in [2.24, 2.45) is 0 Å². The van der Waals surface area contributed by atoms with E-state index in [4.69, 9.17) is 16.3 Å². The zero-order valence-electron chi connectivity index (χ0n) is 11.1. The third kappa shape index (κ3) is 2.37. The number of nitrogens with one attached hydrogen (secondary N) is 1. The molecule has 1 atom stereocenters. The lowest BCUT2D eigenvalue weighted by Crippen LogP contribution is -2.52. The predicted octanol–water partition coefficient (Wildman–Crippen LogP) is 2.01. The number of morpholine rings is 1. The van der Waals surface area contributed by atoms with E-state index in [2.05, 4.69) is 45.6 Å². The van der Waals surface area contributed by atoms with E-state index in [1.807, 2.05) is 0 Å². The van der Waals surface area contributed by atoms with Crippen molar-refractivity contribution in [1.29, 1.82) is 0 Å². The minimum atomic E-state index is -0.221. The Morgan fingerprint density at radius 1 is 1.47 bits per heavy atom.